The Labute approximate surface area is 194 Å². The summed E-state index contributed by atoms with van der Waals surface area (Å²) in [6, 6.07) is 6.59. The van der Waals surface area contributed by atoms with Gasteiger partial charge in [0, 0.05) is 17.5 Å². The van der Waals surface area contributed by atoms with Gasteiger partial charge in [-0.25, -0.2) is 4.98 Å². The lowest BCUT2D eigenvalue weighted by Crippen LogP contribution is -2.45. The lowest BCUT2D eigenvalue weighted by atomic mass is 9.54. The summed E-state index contributed by atoms with van der Waals surface area (Å²) in [5.41, 5.74) is 2.89. The number of benzene rings is 1. The van der Waals surface area contributed by atoms with Crippen molar-refractivity contribution >= 4 is 22.4 Å². The van der Waals surface area contributed by atoms with Crippen LogP contribution in [0.15, 0.2) is 24.4 Å². The number of anilines is 1. The second-order valence-corrected chi connectivity index (χ2v) is 11.6. The zero-order chi connectivity index (χ0) is 22.5. The van der Waals surface area contributed by atoms with Crippen molar-refractivity contribution in [1.29, 1.82) is 0 Å². The van der Waals surface area contributed by atoms with E-state index in [4.69, 9.17) is 4.74 Å². The van der Waals surface area contributed by atoms with Crippen molar-refractivity contribution in [2.24, 2.45) is 23.2 Å². The summed E-state index contributed by atoms with van der Waals surface area (Å²) in [5.74, 6) is 2.99. The van der Waals surface area contributed by atoms with Crippen LogP contribution in [0.3, 0.4) is 0 Å². The van der Waals surface area contributed by atoms with Gasteiger partial charge in [0.15, 0.2) is 5.13 Å². The van der Waals surface area contributed by atoms with Crippen molar-refractivity contribution in [2.75, 3.05) is 12.4 Å². The highest BCUT2D eigenvalue weighted by Crippen LogP contribution is 2.63. The van der Waals surface area contributed by atoms with Crippen LogP contribution in [0, 0.1) is 30.1 Å². The molecule has 0 spiro atoms. The molecule has 2 aromatic rings. The average Bonchev–Trinajstić information content (AvgIpc) is 3.31. The maximum atomic E-state index is 12.6. The molecule has 2 fully saturated rings. The number of nitrogens with zero attached hydrogens (tertiary/aromatic N) is 1. The van der Waals surface area contributed by atoms with Crippen molar-refractivity contribution < 1.29 is 14.6 Å². The van der Waals surface area contributed by atoms with E-state index in [0.717, 1.165) is 42.7 Å². The summed E-state index contributed by atoms with van der Waals surface area (Å²) in [4.78, 5) is 17.9. The molecule has 3 aliphatic rings. The molecular weight excluding hydrogens is 420 g/mol. The van der Waals surface area contributed by atoms with Gasteiger partial charge in [-0.3, -0.25) is 4.79 Å². The molecule has 172 valence electrons. The predicted molar refractivity (Wildman–Crippen MR) is 127 cm³/mol. The second-order valence-electron chi connectivity index (χ2n) is 10.3. The van der Waals surface area contributed by atoms with Gasteiger partial charge in [0.2, 0.25) is 5.91 Å². The minimum absolute atomic E-state index is 0.0291. The zero-order valence-electron chi connectivity index (χ0n) is 19.3. The van der Waals surface area contributed by atoms with Gasteiger partial charge in [-0.05, 0) is 97.8 Å². The van der Waals surface area contributed by atoms with Gasteiger partial charge in [-0.2, -0.15) is 0 Å². The summed E-state index contributed by atoms with van der Waals surface area (Å²) < 4.78 is 5.46. The number of hydrogen-bond donors (Lipinski definition) is 2. The van der Waals surface area contributed by atoms with Gasteiger partial charge in [-0.1, -0.05) is 13.0 Å². The number of aliphatic hydroxyl groups is 1. The van der Waals surface area contributed by atoms with Gasteiger partial charge >= 0.3 is 0 Å². The molecule has 1 amide bonds. The number of fused-ring (bicyclic) bond motifs is 5. The number of nitrogens with one attached hydrogen (secondary N) is 1. The molecule has 1 aromatic heterocycles. The Morgan fingerprint density at radius 3 is 2.97 bits per heavy atom. The normalized spacial score (nSPS) is 33.2. The summed E-state index contributed by atoms with van der Waals surface area (Å²) in [6.45, 7) is 4.30. The quantitative estimate of drug-likeness (QED) is 0.641. The highest BCUT2D eigenvalue weighted by molar-refractivity contribution is 7.15. The van der Waals surface area contributed by atoms with E-state index in [2.05, 4.69) is 35.4 Å². The Balaban J connectivity index is 1.32. The highest BCUT2D eigenvalue weighted by Gasteiger charge is 2.58. The number of methoxy groups -OCH3 is 1. The predicted octanol–water partition coefficient (Wildman–Crippen LogP) is 5.32. The fourth-order valence-electron chi connectivity index (χ4n) is 7.15. The topological polar surface area (TPSA) is 71.5 Å². The first-order chi connectivity index (χ1) is 15.4. The van der Waals surface area contributed by atoms with Gasteiger partial charge in [-0.15, -0.1) is 11.3 Å². The van der Waals surface area contributed by atoms with Crippen LogP contribution >= 0.6 is 11.3 Å². The van der Waals surface area contributed by atoms with Gasteiger partial charge < -0.3 is 15.2 Å². The zero-order valence-corrected chi connectivity index (χ0v) is 20.1. The number of amides is 1. The number of hydrogen-bond acceptors (Lipinski definition) is 5. The molecule has 6 heteroatoms. The molecule has 2 saturated carbocycles. The number of carbonyl (C=O) groups excluding carboxylic acids is 1. The van der Waals surface area contributed by atoms with E-state index in [1.54, 1.807) is 13.3 Å². The molecule has 0 aliphatic heterocycles. The van der Waals surface area contributed by atoms with Crippen molar-refractivity contribution in [3.8, 4) is 5.75 Å². The fourth-order valence-corrected chi connectivity index (χ4v) is 7.83. The molecule has 6 atom stereocenters. The number of aromatic nitrogens is 1. The first-order valence-corrected chi connectivity index (χ1v) is 12.8. The van der Waals surface area contributed by atoms with Crippen LogP contribution in [0.5, 0.6) is 5.75 Å². The Bertz CT molecular complexity index is 1000. The number of aliphatic hydroxyl groups excluding tert-OH is 1. The van der Waals surface area contributed by atoms with E-state index >= 15 is 0 Å². The van der Waals surface area contributed by atoms with Gasteiger partial charge in [0.1, 0.15) is 5.75 Å². The first kappa shape index (κ1) is 21.9. The Hall–Kier alpha value is -1.92. The summed E-state index contributed by atoms with van der Waals surface area (Å²) in [5, 5.41) is 14.7. The third-order valence-electron chi connectivity index (χ3n) is 8.64. The second kappa shape index (κ2) is 8.45. The van der Waals surface area contributed by atoms with E-state index in [0.29, 0.717) is 35.2 Å². The third kappa shape index (κ3) is 3.75. The number of aryl methyl sites for hydroxylation is 2. The van der Waals surface area contributed by atoms with E-state index in [1.165, 1.54) is 28.9 Å². The standard InChI is InChI=1S/C26H34N2O3S/c1-15-14-27-25(32-15)28-23(30)9-5-17-13-22(29)26(2)11-10-20-19-8-6-18(31-3)12-16(19)4-7-21(20)24(17)26/h6,8,12,14,17,20-22,24,29H,4-5,7,9-11,13H2,1-3H3,(H,27,28,30)/t17-,20?,21?,22+,24?,26-/m1/s1. The summed E-state index contributed by atoms with van der Waals surface area (Å²) in [7, 11) is 1.73. The van der Waals surface area contributed by atoms with Crippen LogP contribution in [0.4, 0.5) is 5.13 Å². The average molecular weight is 455 g/mol. The maximum Gasteiger partial charge on any atom is 0.226 e. The number of rotatable bonds is 5. The maximum absolute atomic E-state index is 12.6. The smallest absolute Gasteiger partial charge is 0.226 e. The van der Waals surface area contributed by atoms with E-state index in [-0.39, 0.29) is 17.4 Å². The molecule has 1 heterocycles. The Morgan fingerprint density at radius 1 is 1.38 bits per heavy atom. The molecule has 3 aliphatic carbocycles. The molecule has 5 rings (SSSR count). The number of thiazole rings is 1. The van der Waals surface area contributed by atoms with Crippen molar-refractivity contribution in [2.45, 2.75) is 70.8 Å². The van der Waals surface area contributed by atoms with Crippen molar-refractivity contribution in [3.63, 3.8) is 0 Å². The molecule has 1 aromatic carbocycles. The molecule has 0 radical (unpaired) electrons. The Morgan fingerprint density at radius 2 is 2.22 bits per heavy atom. The molecular formula is C26H34N2O3S. The summed E-state index contributed by atoms with van der Waals surface area (Å²) in [6.07, 6.45) is 8.13. The van der Waals surface area contributed by atoms with Crippen LogP contribution in [0.2, 0.25) is 0 Å². The molecule has 32 heavy (non-hydrogen) atoms. The van der Waals surface area contributed by atoms with E-state index < -0.39 is 0 Å². The first-order valence-electron chi connectivity index (χ1n) is 12.0. The molecule has 0 bridgehead atoms. The third-order valence-corrected chi connectivity index (χ3v) is 9.46. The number of carbonyl (C=O) groups is 1. The minimum Gasteiger partial charge on any atom is -0.497 e. The largest absolute Gasteiger partial charge is 0.497 e. The lowest BCUT2D eigenvalue weighted by Gasteiger charge is -2.51. The summed E-state index contributed by atoms with van der Waals surface area (Å²) >= 11 is 1.51. The SMILES string of the molecule is COc1ccc2c(c1)CCC1C2CC[C@@]2(C)C1[C@H](CCC(=O)Nc1ncc(C)s1)C[C@@H]2O. The molecule has 2 N–H and O–H groups in total. The molecule has 3 unspecified atom stereocenters. The molecule has 0 saturated heterocycles. The fraction of sp³-hybridized carbons (Fsp3) is 0.615. The highest BCUT2D eigenvalue weighted by atomic mass is 32.1. The monoisotopic (exact) mass is 454 g/mol. The van der Waals surface area contributed by atoms with Gasteiger partial charge in [0.25, 0.3) is 0 Å². The van der Waals surface area contributed by atoms with Crippen LogP contribution in [0.1, 0.15) is 67.4 Å². The minimum atomic E-state index is -0.264. The lowest BCUT2D eigenvalue weighted by molar-refractivity contribution is -0.116. The van der Waals surface area contributed by atoms with Crippen molar-refractivity contribution in [1.82, 2.24) is 4.98 Å². The van der Waals surface area contributed by atoms with Crippen LogP contribution in [0.25, 0.3) is 0 Å². The van der Waals surface area contributed by atoms with Crippen LogP contribution < -0.4 is 10.1 Å². The van der Waals surface area contributed by atoms with Crippen LogP contribution in [-0.2, 0) is 11.2 Å². The van der Waals surface area contributed by atoms with E-state index in [1.807, 2.05) is 6.92 Å². The molecule has 5 nitrogen and oxygen atoms in total. The Kier molecular flexibility index (Phi) is 5.79. The number of ether oxygens (including phenoxy) is 1. The van der Waals surface area contributed by atoms with Crippen molar-refractivity contribution in [3.05, 3.63) is 40.4 Å². The van der Waals surface area contributed by atoms with Crippen LogP contribution in [-0.4, -0.2) is 29.2 Å². The van der Waals surface area contributed by atoms with Gasteiger partial charge in [0.05, 0.1) is 13.2 Å². The van der Waals surface area contributed by atoms with E-state index in [9.17, 15) is 9.90 Å².